The smallest absolute Gasteiger partial charge is 0.352 e. The fourth-order valence-electron chi connectivity index (χ4n) is 1.45. The number of carbonyl (C=O) groups is 1. The summed E-state index contributed by atoms with van der Waals surface area (Å²) in [5.41, 5.74) is 8.90. The molecule has 3 aromatic rings. The summed E-state index contributed by atoms with van der Waals surface area (Å²) >= 11 is 0. The SMILES string of the molecule is Cn1nnc2c(C(N)=O)ncn2c1=O.Nc1[nH]c(=O)ncc1F. The largest absolute Gasteiger partial charge is 0.383 e. The van der Waals surface area contributed by atoms with E-state index in [1.165, 1.54) is 13.4 Å². The molecule has 0 radical (unpaired) electrons. The molecule has 3 rings (SSSR count). The molecule has 3 heterocycles. The van der Waals surface area contributed by atoms with Gasteiger partial charge in [0.2, 0.25) is 0 Å². The van der Waals surface area contributed by atoms with Gasteiger partial charge in [0.1, 0.15) is 12.1 Å². The molecule has 3 aromatic heterocycles. The lowest BCUT2D eigenvalue weighted by Gasteiger charge is -1.95. The Morgan fingerprint density at radius 2 is 2.04 bits per heavy atom. The predicted octanol–water partition coefficient (Wildman–Crippen LogP) is -2.59. The van der Waals surface area contributed by atoms with Crippen molar-refractivity contribution in [1.82, 2.24) is 34.3 Å². The van der Waals surface area contributed by atoms with E-state index in [9.17, 15) is 18.8 Å². The normalized spacial score (nSPS) is 10.2. The number of amides is 1. The van der Waals surface area contributed by atoms with Crippen LogP contribution in [0.4, 0.5) is 10.2 Å². The number of nitrogens with two attached hydrogens (primary N) is 2. The number of nitrogen functional groups attached to an aromatic ring is 1. The number of rotatable bonds is 1. The lowest BCUT2D eigenvalue weighted by atomic mass is 10.4. The Hall–Kier alpha value is -3.64. The molecule has 0 fully saturated rings. The highest BCUT2D eigenvalue weighted by atomic mass is 19.1. The second kappa shape index (κ2) is 6.00. The summed E-state index contributed by atoms with van der Waals surface area (Å²) in [6.45, 7) is 0. The molecule has 13 heteroatoms. The Balaban J connectivity index is 0.000000185. The molecule has 0 spiro atoms. The number of aromatic nitrogens is 7. The maximum Gasteiger partial charge on any atom is 0.352 e. The van der Waals surface area contributed by atoms with Gasteiger partial charge in [0.05, 0.1) is 6.20 Å². The minimum absolute atomic E-state index is 0.0600. The van der Waals surface area contributed by atoms with Crippen LogP contribution in [0.15, 0.2) is 22.1 Å². The molecule has 0 saturated carbocycles. The number of halogens is 1. The predicted molar refractivity (Wildman–Crippen MR) is 73.8 cm³/mol. The van der Waals surface area contributed by atoms with E-state index < -0.39 is 23.1 Å². The molecule has 0 aliphatic carbocycles. The number of H-pyrrole nitrogens is 1. The minimum atomic E-state index is -0.741. The van der Waals surface area contributed by atoms with Gasteiger partial charge in [-0.15, -0.1) is 5.10 Å². The Morgan fingerprint density at radius 1 is 1.35 bits per heavy atom. The summed E-state index contributed by atoms with van der Waals surface area (Å²) < 4.78 is 14.3. The maximum atomic E-state index is 12.1. The van der Waals surface area contributed by atoms with Crippen molar-refractivity contribution in [2.45, 2.75) is 0 Å². The molecule has 0 bridgehead atoms. The lowest BCUT2D eigenvalue weighted by Crippen LogP contribution is -2.27. The highest BCUT2D eigenvalue weighted by Gasteiger charge is 2.13. The fraction of sp³-hybridized carbons (Fsp3) is 0.100. The number of carbonyl (C=O) groups excluding carboxylic acids is 1. The Morgan fingerprint density at radius 3 is 2.61 bits per heavy atom. The lowest BCUT2D eigenvalue weighted by molar-refractivity contribution is 0.0997. The molecule has 0 aromatic carbocycles. The number of primary amides is 1. The Bertz CT molecular complexity index is 989. The third-order valence-corrected chi connectivity index (χ3v) is 2.53. The fourth-order valence-corrected chi connectivity index (χ4v) is 1.45. The zero-order chi connectivity index (χ0) is 17.1. The highest BCUT2D eigenvalue weighted by Crippen LogP contribution is 2.00. The van der Waals surface area contributed by atoms with Gasteiger partial charge in [-0.3, -0.25) is 9.78 Å². The second-order valence-corrected chi connectivity index (χ2v) is 4.10. The number of hydrogen-bond donors (Lipinski definition) is 3. The molecule has 0 saturated heterocycles. The van der Waals surface area contributed by atoms with Crippen molar-refractivity contribution < 1.29 is 9.18 Å². The quantitative estimate of drug-likeness (QED) is 0.436. The van der Waals surface area contributed by atoms with Gasteiger partial charge in [-0.2, -0.15) is 9.67 Å². The van der Waals surface area contributed by atoms with Crippen LogP contribution >= 0.6 is 0 Å². The van der Waals surface area contributed by atoms with Gasteiger partial charge >= 0.3 is 11.4 Å². The molecular weight excluding hydrogens is 313 g/mol. The van der Waals surface area contributed by atoms with Crippen LogP contribution in [0, 0.1) is 5.82 Å². The van der Waals surface area contributed by atoms with Crippen LogP contribution in [-0.4, -0.2) is 40.3 Å². The van der Waals surface area contributed by atoms with Crippen molar-refractivity contribution in [3.8, 4) is 0 Å². The van der Waals surface area contributed by atoms with Crippen molar-refractivity contribution in [1.29, 1.82) is 0 Å². The van der Waals surface area contributed by atoms with E-state index in [2.05, 4.69) is 20.3 Å². The van der Waals surface area contributed by atoms with Crippen LogP contribution in [0.1, 0.15) is 10.5 Å². The highest BCUT2D eigenvalue weighted by molar-refractivity contribution is 5.96. The first-order valence-electron chi connectivity index (χ1n) is 5.88. The summed E-state index contributed by atoms with van der Waals surface area (Å²) in [4.78, 5) is 41.2. The van der Waals surface area contributed by atoms with Crippen LogP contribution in [0.3, 0.4) is 0 Å². The van der Waals surface area contributed by atoms with Gasteiger partial charge < -0.3 is 11.5 Å². The number of aromatic amines is 1. The molecule has 0 atom stereocenters. The van der Waals surface area contributed by atoms with E-state index in [4.69, 9.17) is 11.5 Å². The third-order valence-electron chi connectivity index (χ3n) is 2.53. The van der Waals surface area contributed by atoms with Crippen molar-refractivity contribution in [3.63, 3.8) is 0 Å². The minimum Gasteiger partial charge on any atom is -0.383 e. The average molecular weight is 323 g/mol. The van der Waals surface area contributed by atoms with Crippen LogP contribution in [0.2, 0.25) is 0 Å². The number of nitrogens with one attached hydrogen (secondary N) is 1. The molecule has 0 unspecified atom stereocenters. The zero-order valence-corrected chi connectivity index (χ0v) is 11.6. The molecular formula is C10H10FN9O3. The Labute approximate surface area is 125 Å². The summed E-state index contributed by atoms with van der Waals surface area (Å²) in [6.07, 6.45) is 1.96. The number of hydrogen-bond acceptors (Lipinski definition) is 8. The number of aryl methyl sites for hydroxylation is 1. The second-order valence-electron chi connectivity index (χ2n) is 4.10. The summed E-state index contributed by atoms with van der Waals surface area (Å²) in [5, 5.41) is 7.14. The van der Waals surface area contributed by atoms with Gasteiger partial charge in [0.15, 0.2) is 17.2 Å². The van der Waals surface area contributed by atoms with Crippen LogP contribution in [0.25, 0.3) is 5.65 Å². The monoisotopic (exact) mass is 323 g/mol. The number of nitrogens with zero attached hydrogens (tertiary/aromatic N) is 6. The summed E-state index contributed by atoms with van der Waals surface area (Å²) in [5.74, 6) is -1.74. The number of imidazole rings is 1. The van der Waals surface area contributed by atoms with Crippen molar-refractivity contribution in [2.24, 2.45) is 12.8 Å². The van der Waals surface area contributed by atoms with Gasteiger partial charge in [0.25, 0.3) is 5.91 Å². The summed E-state index contributed by atoms with van der Waals surface area (Å²) in [7, 11) is 1.44. The molecule has 12 nitrogen and oxygen atoms in total. The standard InChI is InChI=1S/C6H6N6O2.C4H4FN3O/c1-11-6(14)12-2-8-3(4(7)13)5(12)9-10-11;5-2-1-7-4(9)8-3(2)6/h2H,1H3,(H2,7,13);1H,(H3,6,7,8,9). The van der Waals surface area contributed by atoms with Crippen molar-refractivity contribution in [2.75, 3.05) is 5.73 Å². The molecule has 5 N–H and O–H groups in total. The number of anilines is 1. The van der Waals surface area contributed by atoms with Gasteiger partial charge in [-0.05, 0) is 0 Å². The van der Waals surface area contributed by atoms with Crippen molar-refractivity contribution in [3.05, 3.63) is 45.0 Å². The van der Waals surface area contributed by atoms with Crippen LogP contribution < -0.4 is 22.8 Å². The van der Waals surface area contributed by atoms with E-state index in [-0.39, 0.29) is 17.2 Å². The summed E-state index contributed by atoms with van der Waals surface area (Å²) in [6, 6.07) is 0. The van der Waals surface area contributed by atoms with E-state index in [0.717, 1.165) is 15.3 Å². The first kappa shape index (κ1) is 15.7. The Kier molecular flexibility index (Phi) is 4.11. The first-order chi connectivity index (χ1) is 10.8. The van der Waals surface area contributed by atoms with Crippen LogP contribution in [-0.2, 0) is 7.05 Å². The molecule has 120 valence electrons. The van der Waals surface area contributed by atoms with Gasteiger partial charge in [-0.25, -0.2) is 23.4 Å². The molecule has 0 aliphatic rings. The van der Waals surface area contributed by atoms with E-state index in [0.29, 0.717) is 0 Å². The topological polar surface area (TPSA) is 180 Å². The average Bonchev–Trinajstić information content (AvgIpc) is 2.93. The van der Waals surface area contributed by atoms with Crippen LogP contribution in [0.5, 0.6) is 0 Å². The van der Waals surface area contributed by atoms with E-state index >= 15 is 0 Å². The zero-order valence-electron chi connectivity index (χ0n) is 11.6. The van der Waals surface area contributed by atoms with Gasteiger partial charge in [-0.1, -0.05) is 5.21 Å². The van der Waals surface area contributed by atoms with E-state index in [1.54, 1.807) is 0 Å². The third kappa shape index (κ3) is 3.17. The molecule has 23 heavy (non-hydrogen) atoms. The first-order valence-corrected chi connectivity index (χ1v) is 5.88. The van der Waals surface area contributed by atoms with Gasteiger partial charge in [0, 0.05) is 7.05 Å². The van der Waals surface area contributed by atoms with E-state index in [1.807, 2.05) is 4.98 Å². The van der Waals surface area contributed by atoms with Crippen molar-refractivity contribution >= 4 is 17.4 Å². The molecule has 0 aliphatic heterocycles. The maximum absolute atomic E-state index is 12.1. The molecule has 1 amide bonds. The number of fused-ring (bicyclic) bond motifs is 1.